The van der Waals surface area contributed by atoms with Gasteiger partial charge in [-0.3, -0.25) is 4.79 Å². The van der Waals surface area contributed by atoms with E-state index in [1.165, 1.54) is 44.2 Å². The van der Waals surface area contributed by atoms with E-state index in [2.05, 4.69) is 17.2 Å². The normalized spacial score (nSPS) is 18.1. The Labute approximate surface area is 123 Å². The molecular formula is C14H18Cl2N2O. The van der Waals surface area contributed by atoms with Crippen molar-refractivity contribution in [1.29, 1.82) is 0 Å². The molecule has 1 aromatic rings. The van der Waals surface area contributed by atoms with Crippen molar-refractivity contribution in [3.8, 4) is 0 Å². The Balaban J connectivity index is 1.99. The summed E-state index contributed by atoms with van der Waals surface area (Å²) >= 11 is 11.6. The van der Waals surface area contributed by atoms with Crippen LogP contribution in [0.5, 0.6) is 0 Å². The van der Waals surface area contributed by atoms with Gasteiger partial charge in [-0.05, 0) is 37.8 Å². The van der Waals surface area contributed by atoms with Gasteiger partial charge < -0.3 is 5.32 Å². The molecule has 1 aliphatic rings. The molecule has 1 aliphatic carbocycles. The van der Waals surface area contributed by atoms with E-state index in [9.17, 15) is 4.79 Å². The van der Waals surface area contributed by atoms with Crippen molar-refractivity contribution < 1.29 is 4.79 Å². The SMILES string of the molecule is CC(NC(=O)c1cc(Cl)nc(Cl)c1)C1CCCCC1. The van der Waals surface area contributed by atoms with E-state index in [4.69, 9.17) is 23.2 Å². The Kier molecular flexibility index (Phi) is 5.06. The third-order valence-electron chi connectivity index (χ3n) is 3.74. The number of hydrogen-bond donors (Lipinski definition) is 1. The summed E-state index contributed by atoms with van der Waals surface area (Å²) in [5.41, 5.74) is 0.465. The number of hydrogen-bond acceptors (Lipinski definition) is 2. The van der Waals surface area contributed by atoms with Crippen molar-refractivity contribution in [2.45, 2.75) is 45.1 Å². The summed E-state index contributed by atoms with van der Waals surface area (Å²) in [4.78, 5) is 16.0. The maximum absolute atomic E-state index is 12.1. The van der Waals surface area contributed by atoms with Gasteiger partial charge in [-0.2, -0.15) is 0 Å². The van der Waals surface area contributed by atoms with Crippen LogP contribution in [-0.4, -0.2) is 16.9 Å². The van der Waals surface area contributed by atoms with Gasteiger partial charge >= 0.3 is 0 Å². The summed E-state index contributed by atoms with van der Waals surface area (Å²) in [5.74, 6) is 0.440. The van der Waals surface area contributed by atoms with Crippen molar-refractivity contribution in [3.63, 3.8) is 0 Å². The molecule has 0 spiro atoms. The number of carbonyl (C=O) groups is 1. The Morgan fingerprint density at radius 1 is 1.26 bits per heavy atom. The van der Waals surface area contributed by atoms with Gasteiger partial charge in [0.2, 0.25) is 0 Å². The minimum Gasteiger partial charge on any atom is -0.349 e. The van der Waals surface area contributed by atoms with E-state index < -0.39 is 0 Å². The van der Waals surface area contributed by atoms with Gasteiger partial charge in [0.25, 0.3) is 5.91 Å². The fraction of sp³-hybridized carbons (Fsp3) is 0.571. The molecule has 1 saturated carbocycles. The summed E-state index contributed by atoms with van der Waals surface area (Å²) in [5, 5.41) is 3.51. The highest BCUT2D eigenvalue weighted by Gasteiger charge is 2.22. The molecule has 0 radical (unpaired) electrons. The van der Waals surface area contributed by atoms with E-state index in [1.807, 2.05) is 0 Å². The summed E-state index contributed by atoms with van der Waals surface area (Å²) < 4.78 is 0. The Morgan fingerprint density at radius 2 is 1.84 bits per heavy atom. The van der Waals surface area contributed by atoms with Gasteiger partial charge in [-0.15, -0.1) is 0 Å². The van der Waals surface area contributed by atoms with Crippen molar-refractivity contribution in [2.24, 2.45) is 5.92 Å². The molecule has 1 amide bonds. The van der Waals surface area contributed by atoms with Crippen molar-refractivity contribution in [1.82, 2.24) is 10.3 Å². The van der Waals surface area contributed by atoms with E-state index in [-0.39, 0.29) is 22.3 Å². The van der Waals surface area contributed by atoms with E-state index in [0.717, 1.165) is 0 Å². The standard InChI is InChI=1S/C14H18Cl2N2O/c1-9(10-5-3-2-4-6-10)17-14(19)11-7-12(15)18-13(16)8-11/h7-10H,2-6H2,1H3,(H,17,19). The Morgan fingerprint density at radius 3 is 2.42 bits per heavy atom. The smallest absolute Gasteiger partial charge is 0.251 e. The molecule has 19 heavy (non-hydrogen) atoms. The number of rotatable bonds is 3. The first-order valence-corrected chi connectivity index (χ1v) is 7.46. The van der Waals surface area contributed by atoms with E-state index in [1.54, 1.807) is 0 Å². The van der Waals surface area contributed by atoms with E-state index in [0.29, 0.717) is 11.5 Å². The van der Waals surface area contributed by atoms with Gasteiger partial charge in [0, 0.05) is 11.6 Å². The highest BCUT2D eigenvalue weighted by molar-refractivity contribution is 6.33. The van der Waals surface area contributed by atoms with Crippen LogP contribution in [0.2, 0.25) is 10.3 Å². The average molecular weight is 301 g/mol. The molecule has 2 rings (SSSR count). The first-order valence-electron chi connectivity index (χ1n) is 6.70. The summed E-state index contributed by atoms with van der Waals surface area (Å²) in [6, 6.07) is 3.26. The lowest BCUT2D eigenvalue weighted by molar-refractivity contribution is 0.0919. The highest BCUT2D eigenvalue weighted by atomic mass is 35.5. The topological polar surface area (TPSA) is 42.0 Å². The van der Waals surface area contributed by atoms with Crippen LogP contribution < -0.4 is 5.32 Å². The first-order chi connectivity index (χ1) is 9.06. The Bertz CT molecular complexity index is 439. The first kappa shape index (κ1) is 14.6. The zero-order valence-corrected chi connectivity index (χ0v) is 12.5. The predicted molar refractivity (Wildman–Crippen MR) is 77.8 cm³/mol. The van der Waals surface area contributed by atoms with Crippen LogP contribution in [0.15, 0.2) is 12.1 Å². The number of pyridine rings is 1. The molecule has 1 atom stereocenters. The minimum absolute atomic E-state index is 0.135. The lowest BCUT2D eigenvalue weighted by Crippen LogP contribution is -2.38. The fourth-order valence-corrected chi connectivity index (χ4v) is 3.10. The zero-order chi connectivity index (χ0) is 13.8. The Hall–Kier alpha value is -0.800. The maximum Gasteiger partial charge on any atom is 0.251 e. The predicted octanol–water partition coefficient (Wildman–Crippen LogP) is 4.09. The lowest BCUT2D eigenvalue weighted by Gasteiger charge is -2.28. The second-order valence-corrected chi connectivity index (χ2v) is 5.94. The molecule has 1 unspecified atom stereocenters. The van der Waals surface area contributed by atoms with Gasteiger partial charge in [0.15, 0.2) is 0 Å². The molecule has 5 heteroatoms. The third kappa shape index (κ3) is 4.08. The number of nitrogens with one attached hydrogen (secondary N) is 1. The van der Waals surface area contributed by atoms with Gasteiger partial charge in [-0.25, -0.2) is 4.98 Å². The van der Waals surface area contributed by atoms with Crippen LogP contribution in [-0.2, 0) is 0 Å². The van der Waals surface area contributed by atoms with Crippen LogP contribution in [0.25, 0.3) is 0 Å². The highest BCUT2D eigenvalue weighted by Crippen LogP contribution is 2.26. The molecule has 3 nitrogen and oxygen atoms in total. The maximum atomic E-state index is 12.1. The molecule has 1 fully saturated rings. The molecule has 1 heterocycles. The van der Waals surface area contributed by atoms with Gasteiger partial charge in [0.05, 0.1) is 0 Å². The molecular weight excluding hydrogens is 283 g/mol. The van der Waals surface area contributed by atoms with Gasteiger partial charge in [-0.1, -0.05) is 42.5 Å². The van der Waals surface area contributed by atoms with Crippen molar-refractivity contribution >= 4 is 29.1 Å². The average Bonchev–Trinajstić information content (AvgIpc) is 2.38. The molecule has 0 saturated heterocycles. The molecule has 0 bridgehead atoms. The number of carbonyl (C=O) groups excluding carboxylic acids is 1. The second-order valence-electron chi connectivity index (χ2n) is 5.16. The van der Waals surface area contributed by atoms with E-state index >= 15 is 0 Å². The van der Waals surface area contributed by atoms with Crippen molar-refractivity contribution in [2.75, 3.05) is 0 Å². The second kappa shape index (κ2) is 6.58. The number of amides is 1. The quantitative estimate of drug-likeness (QED) is 0.854. The van der Waals surface area contributed by atoms with Crippen LogP contribution >= 0.6 is 23.2 Å². The molecule has 0 aliphatic heterocycles. The molecule has 0 aromatic carbocycles. The molecule has 1 aromatic heterocycles. The molecule has 1 N–H and O–H groups in total. The zero-order valence-electron chi connectivity index (χ0n) is 11.0. The molecule has 104 valence electrons. The monoisotopic (exact) mass is 300 g/mol. The van der Waals surface area contributed by atoms with Crippen molar-refractivity contribution in [3.05, 3.63) is 28.0 Å². The number of halogens is 2. The lowest BCUT2D eigenvalue weighted by atomic mass is 9.84. The largest absolute Gasteiger partial charge is 0.349 e. The fourth-order valence-electron chi connectivity index (χ4n) is 2.64. The van der Waals surface area contributed by atoms with Gasteiger partial charge in [0.1, 0.15) is 10.3 Å². The third-order valence-corrected chi connectivity index (χ3v) is 4.13. The summed E-state index contributed by atoms with van der Waals surface area (Å²) in [6.45, 7) is 2.07. The minimum atomic E-state index is -0.135. The van der Waals surface area contributed by atoms with Crippen LogP contribution in [0, 0.1) is 5.92 Å². The summed E-state index contributed by atoms with van der Waals surface area (Å²) in [6.07, 6.45) is 6.22. The summed E-state index contributed by atoms with van der Waals surface area (Å²) in [7, 11) is 0. The number of aromatic nitrogens is 1. The van der Waals surface area contributed by atoms with Crippen LogP contribution in [0.1, 0.15) is 49.4 Å². The van der Waals surface area contributed by atoms with Crippen LogP contribution in [0.3, 0.4) is 0 Å². The van der Waals surface area contributed by atoms with Crippen LogP contribution in [0.4, 0.5) is 0 Å². The number of nitrogens with zero attached hydrogens (tertiary/aromatic N) is 1.